The van der Waals surface area contributed by atoms with Gasteiger partial charge in [-0.2, -0.15) is 0 Å². The van der Waals surface area contributed by atoms with Crippen LogP contribution in [0.2, 0.25) is 0 Å². The zero-order chi connectivity index (χ0) is 17.5. The maximum atomic E-state index is 12.2. The summed E-state index contributed by atoms with van der Waals surface area (Å²) < 4.78 is 5.14. The third-order valence-electron chi connectivity index (χ3n) is 4.47. The second-order valence-electron chi connectivity index (χ2n) is 6.13. The Bertz CT molecular complexity index is 689. The van der Waals surface area contributed by atoms with Gasteiger partial charge in [0.15, 0.2) is 0 Å². The van der Waals surface area contributed by atoms with Crippen LogP contribution < -0.4 is 10.1 Å². The predicted octanol–water partition coefficient (Wildman–Crippen LogP) is 3.72. The number of nitrogens with one attached hydrogen (secondary N) is 1. The standard InChI is InChI=1S/C20H24N2O2S/c1-24-17-9-6-16(7-10-17)8-11-20(23)21-15-18(19-5-4-14-25-19)22-12-2-3-13-22/h4-11,14,18H,2-3,12-13,15H2,1H3,(H,21,23)/b11-8+. The number of carbonyl (C=O) groups excluding carboxylic acids is 1. The lowest BCUT2D eigenvalue weighted by molar-refractivity contribution is -0.116. The summed E-state index contributed by atoms with van der Waals surface area (Å²) in [4.78, 5) is 16.0. The van der Waals surface area contributed by atoms with Crippen LogP contribution in [-0.2, 0) is 4.79 Å². The molecule has 132 valence electrons. The third-order valence-corrected chi connectivity index (χ3v) is 5.44. The van der Waals surface area contributed by atoms with Crippen molar-refractivity contribution >= 4 is 23.3 Å². The van der Waals surface area contributed by atoms with Crippen molar-refractivity contribution in [2.24, 2.45) is 0 Å². The minimum Gasteiger partial charge on any atom is -0.497 e. The maximum absolute atomic E-state index is 12.2. The van der Waals surface area contributed by atoms with Crippen molar-refractivity contribution in [3.63, 3.8) is 0 Å². The molecule has 1 atom stereocenters. The zero-order valence-electron chi connectivity index (χ0n) is 14.5. The molecule has 4 nitrogen and oxygen atoms in total. The van der Waals surface area contributed by atoms with Gasteiger partial charge in [0.05, 0.1) is 13.2 Å². The Hall–Kier alpha value is -2.11. The highest BCUT2D eigenvalue weighted by atomic mass is 32.1. The van der Waals surface area contributed by atoms with E-state index < -0.39 is 0 Å². The monoisotopic (exact) mass is 356 g/mol. The Morgan fingerprint density at radius 2 is 2.04 bits per heavy atom. The fourth-order valence-electron chi connectivity index (χ4n) is 3.09. The molecule has 0 bridgehead atoms. The number of nitrogens with zero attached hydrogens (tertiary/aromatic N) is 1. The number of likely N-dealkylation sites (tertiary alicyclic amines) is 1. The van der Waals surface area contributed by atoms with E-state index in [1.807, 2.05) is 30.3 Å². The van der Waals surface area contributed by atoms with Gasteiger partial charge in [-0.25, -0.2) is 0 Å². The fraction of sp³-hybridized carbons (Fsp3) is 0.350. The third kappa shape index (κ3) is 4.94. The molecule has 3 rings (SSSR count). The van der Waals surface area contributed by atoms with Crippen LogP contribution in [0.3, 0.4) is 0 Å². The van der Waals surface area contributed by atoms with Crippen LogP contribution in [0.5, 0.6) is 5.75 Å². The first-order chi connectivity index (χ1) is 12.3. The molecule has 0 saturated carbocycles. The molecule has 1 unspecified atom stereocenters. The second-order valence-corrected chi connectivity index (χ2v) is 7.11. The van der Waals surface area contributed by atoms with Crippen molar-refractivity contribution < 1.29 is 9.53 Å². The van der Waals surface area contributed by atoms with E-state index in [0.717, 1.165) is 24.4 Å². The largest absolute Gasteiger partial charge is 0.497 e. The number of ether oxygens (including phenoxy) is 1. The molecule has 0 aliphatic carbocycles. The predicted molar refractivity (Wildman–Crippen MR) is 103 cm³/mol. The van der Waals surface area contributed by atoms with Gasteiger partial charge in [-0.05, 0) is 61.1 Å². The van der Waals surface area contributed by atoms with Gasteiger partial charge in [0.25, 0.3) is 0 Å². The van der Waals surface area contributed by atoms with Crippen LogP contribution >= 0.6 is 11.3 Å². The lowest BCUT2D eigenvalue weighted by atomic mass is 10.2. The molecule has 1 fully saturated rings. The summed E-state index contributed by atoms with van der Waals surface area (Å²) in [6, 6.07) is 12.2. The number of amides is 1. The van der Waals surface area contributed by atoms with E-state index in [2.05, 4.69) is 27.7 Å². The Labute approximate surface area is 153 Å². The van der Waals surface area contributed by atoms with Crippen molar-refractivity contribution in [2.45, 2.75) is 18.9 Å². The van der Waals surface area contributed by atoms with E-state index in [-0.39, 0.29) is 11.9 Å². The number of methoxy groups -OCH3 is 1. The molecule has 0 radical (unpaired) electrons. The quantitative estimate of drug-likeness (QED) is 0.769. The van der Waals surface area contributed by atoms with Crippen LogP contribution in [-0.4, -0.2) is 37.6 Å². The summed E-state index contributed by atoms with van der Waals surface area (Å²) in [5, 5.41) is 5.16. The molecule has 2 heterocycles. The van der Waals surface area contributed by atoms with Gasteiger partial charge in [0.2, 0.25) is 5.91 Å². The maximum Gasteiger partial charge on any atom is 0.244 e. The molecule has 1 aromatic carbocycles. The van der Waals surface area contributed by atoms with Crippen LogP contribution in [0.4, 0.5) is 0 Å². The van der Waals surface area contributed by atoms with Gasteiger partial charge < -0.3 is 10.1 Å². The zero-order valence-corrected chi connectivity index (χ0v) is 15.3. The lowest BCUT2D eigenvalue weighted by Crippen LogP contribution is -2.35. The van der Waals surface area contributed by atoms with Crippen LogP contribution in [0, 0.1) is 0 Å². The summed E-state index contributed by atoms with van der Waals surface area (Å²) in [6.45, 7) is 2.87. The van der Waals surface area contributed by atoms with Crippen LogP contribution in [0.1, 0.15) is 29.3 Å². The molecule has 25 heavy (non-hydrogen) atoms. The molecule has 1 aliphatic heterocycles. The SMILES string of the molecule is COc1ccc(/C=C/C(=O)NCC(c2cccs2)N2CCCC2)cc1. The lowest BCUT2D eigenvalue weighted by Gasteiger charge is -2.26. The number of hydrogen-bond donors (Lipinski definition) is 1. The number of hydrogen-bond acceptors (Lipinski definition) is 4. The Kier molecular flexibility index (Phi) is 6.25. The molecule has 1 amide bonds. The molecule has 1 N–H and O–H groups in total. The summed E-state index contributed by atoms with van der Waals surface area (Å²) in [7, 11) is 1.64. The van der Waals surface area contributed by atoms with Crippen LogP contribution in [0.15, 0.2) is 47.9 Å². The second kappa shape index (κ2) is 8.83. The molecule has 2 aromatic rings. The molecule has 1 aliphatic rings. The average molecular weight is 356 g/mol. The van der Waals surface area contributed by atoms with Crippen LogP contribution in [0.25, 0.3) is 6.08 Å². The van der Waals surface area contributed by atoms with Crippen molar-refractivity contribution in [3.05, 3.63) is 58.3 Å². The summed E-state index contributed by atoms with van der Waals surface area (Å²) in [6.07, 6.45) is 5.91. The Morgan fingerprint density at radius 3 is 2.68 bits per heavy atom. The van der Waals surface area contributed by atoms with Crippen molar-refractivity contribution in [1.29, 1.82) is 0 Å². The average Bonchev–Trinajstić information content (AvgIpc) is 3.35. The molecular weight excluding hydrogens is 332 g/mol. The molecule has 1 saturated heterocycles. The summed E-state index contributed by atoms with van der Waals surface area (Å²) in [5.74, 6) is 0.752. The van der Waals surface area contributed by atoms with Gasteiger partial charge in [0.1, 0.15) is 5.75 Å². The Balaban J connectivity index is 1.56. The van der Waals surface area contributed by atoms with E-state index >= 15 is 0 Å². The molecule has 0 spiro atoms. The highest BCUT2D eigenvalue weighted by molar-refractivity contribution is 7.10. The summed E-state index contributed by atoms with van der Waals surface area (Å²) in [5.41, 5.74) is 0.977. The molecule has 1 aromatic heterocycles. The number of thiophene rings is 1. The minimum atomic E-state index is -0.0587. The van der Waals surface area contributed by atoms with Crippen molar-refractivity contribution in [1.82, 2.24) is 10.2 Å². The van der Waals surface area contributed by atoms with Crippen molar-refractivity contribution in [3.8, 4) is 5.75 Å². The van der Waals surface area contributed by atoms with Crippen molar-refractivity contribution in [2.75, 3.05) is 26.7 Å². The van der Waals surface area contributed by atoms with Gasteiger partial charge in [-0.3, -0.25) is 9.69 Å². The van der Waals surface area contributed by atoms with E-state index in [1.54, 1.807) is 24.5 Å². The highest BCUT2D eigenvalue weighted by Gasteiger charge is 2.24. The first kappa shape index (κ1) is 17.7. The smallest absolute Gasteiger partial charge is 0.244 e. The number of rotatable bonds is 7. The molecule has 5 heteroatoms. The topological polar surface area (TPSA) is 41.6 Å². The highest BCUT2D eigenvalue weighted by Crippen LogP contribution is 2.27. The minimum absolute atomic E-state index is 0.0587. The van der Waals surface area contributed by atoms with E-state index in [4.69, 9.17) is 4.74 Å². The normalized spacial score (nSPS) is 16.2. The first-order valence-corrected chi connectivity index (χ1v) is 9.51. The first-order valence-electron chi connectivity index (χ1n) is 8.63. The fourth-order valence-corrected chi connectivity index (χ4v) is 3.95. The van der Waals surface area contributed by atoms with E-state index in [9.17, 15) is 4.79 Å². The van der Waals surface area contributed by atoms with Gasteiger partial charge >= 0.3 is 0 Å². The van der Waals surface area contributed by atoms with Gasteiger partial charge in [-0.1, -0.05) is 18.2 Å². The van der Waals surface area contributed by atoms with Gasteiger partial charge in [0, 0.05) is 17.5 Å². The number of carbonyl (C=O) groups is 1. The van der Waals surface area contributed by atoms with E-state index in [1.165, 1.54) is 17.7 Å². The number of benzene rings is 1. The van der Waals surface area contributed by atoms with Gasteiger partial charge in [-0.15, -0.1) is 11.3 Å². The van der Waals surface area contributed by atoms with E-state index in [0.29, 0.717) is 6.54 Å². The molecular formula is C20H24N2O2S. The Morgan fingerprint density at radius 1 is 1.28 bits per heavy atom. The summed E-state index contributed by atoms with van der Waals surface area (Å²) >= 11 is 1.76.